The lowest BCUT2D eigenvalue weighted by molar-refractivity contribution is -0.158. The van der Waals surface area contributed by atoms with Crippen LogP contribution in [-0.4, -0.2) is 46.4 Å². The van der Waals surface area contributed by atoms with E-state index in [0.717, 1.165) is 0 Å². The van der Waals surface area contributed by atoms with E-state index in [0.29, 0.717) is 5.69 Å². The Bertz CT molecular complexity index is 657. The predicted molar refractivity (Wildman–Crippen MR) is 97.6 cm³/mol. The molecule has 1 aromatic heterocycles. The molecule has 0 saturated heterocycles. The van der Waals surface area contributed by atoms with Gasteiger partial charge in [0.15, 0.2) is 24.7 Å². The van der Waals surface area contributed by atoms with Crippen LogP contribution in [0.25, 0.3) is 0 Å². The first kappa shape index (κ1) is 22.7. The van der Waals surface area contributed by atoms with E-state index in [2.05, 4.69) is 4.98 Å². The summed E-state index contributed by atoms with van der Waals surface area (Å²) in [5.74, 6) is -0.805. The van der Waals surface area contributed by atoms with Gasteiger partial charge in [-0.15, -0.1) is 0 Å². The number of nitrogens with zero attached hydrogens (tertiary/aromatic N) is 1. The van der Waals surface area contributed by atoms with Gasteiger partial charge in [0.25, 0.3) is 0 Å². The summed E-state index contributed by atoms with van der Waals surface area (Å²) in [7, 11) is 0. The average molecular weight is 383 g/mol. The van der Waals surface area contributed by atoms with Gasteiger partial charge in [0.05, 0.1) is 18.0 Å². The number of aromatic nitrogens is 1. The van der Waals surface area contributed by atoms with Gasteiger partial charge < -0.3 is 24.1 Å². The summed E-state index contributed by atoms with van der Waals surface area (Å²) in [5.41, 5.74) is -0.941. The van der Waals surface area contributed by atoms with E-state index < -0.39 is 29.2 Å². The lowest BCUT2D eigenvalue weighted by Crippen LogP contribution is -2.28. The molecule has 1 rings (SSSR count). The molecule has 8 heteroatoms. The second kappa shape index (κ2) is 9.03. The smallest absolute Gasteiger partial charge is 0.344 e. The normalized spacial score (nSPS) is 12.9. The first-order valence-electron chi connectivity index (χ1n) is 8.64. The van der Waals surface area contributed by atoms with Gasteiger partial charge in [-0.2, -0.15) is 0 Å². The molecular formula is C19H29NO7. The van der Waals surface area contributed by atoms with Crippen molar-refractivity contribution >= 4 is 11.9 Å². The number of ether oxygens (including phenoxy) is 4. The molecular weight excluding hydrogens is 354 g/mol. The summed E-state index contributed by atoms with van der Waals surface area (Å²) in [6.45, 7) is 11.3. The van der Waals surface area contributed by atoms with E-state index in [1.165, 1.54) is 12.3 Å². The Balaban J connectivity index is 2.84. The Hall–Kier alpha value is -2.35. The predicted octanol–water partition coefficient (Wildman–Crippen LogP) is 2.58. The standard InChI is InChI=1S/C19H29NO7/c1-12(21)13-8-14(24-10-16(22)26-18(2,3)4)15(9-20-13)25-11-17(23)27-19(5,6)7/h8-9,12,21H,10-11H2,1-7H3. The Morgan fingerprint density at radius 3 is 1.81 bits per heavy atom. The summed E-state index contributed by atoms with van der Waals surface area (Å²) in [4.78, 5) is 27.7. The Kier molecular flexibility index (Phi) is 7.59. The second-order valence-electron chi connectivity index (χ2n) is 7.98. The fraction of sp³-hybridized carbons (Fsp3) is 0.632. The second-order valence-corrected chi connectivity index (χ2v) is 7.98. The summed E-state index contributed by atoms with van der Waals surface area (Å²) in [6.07, 6.45) is 0.477. The summed E-state index contributed by atoms with van der Waals surface area (Å²) in [5, 5.41) is 9.69. The molecule has 0 fully saturated rings. The van der Waals surface area contributed by atoms with Gasteiger partial charge in [0.2, 0.25) is 0 Å². The van der Waals surface area contributed by atoms with Crippen LogP contribution in [0.3, 0.4) is 0 Å². The number of pyridine rings is 1. The van der Waals surface area contributed by atoms with Crippen LogP contribution in [0, 0.1) is 0 Å². The topological polar surface area (TPSA) is 104 Å². The minimum absolute atomic E-state index is 0.147. The number of aliphatic hydroxyl groups is 1. The van der Waals surface area contributed by atoms with Gasteiger partial charge in [-0.25, -0.2) is 9.59 Å². The third-order valence-electron chi connectivity index (χ3n) is 2.81. The van der Waals surface area contributed by atoms with Crippen LogP contribution in [0.2, 0.25) is 0 Å². The molecule has 1 N–H and O–H groups in total. The number of esters is 2. The molecule has 8 nitrogen and oxygen atoms in total. The monoisotopic (exact) mass is 383 g/mol. The third-order valence-corrected chi connectivity index (χ3v) is 2.81. The molecule has 0 bridgehead atoms. The highest BCUT2D eigenvalue weighted by molar-refractivity contribution is 5.72. The van der Waals surface area contributed by atoms with Crippen molar-refractivity contribution in [2.24, 2.45) is 0 Å². The quantitative estimate of drug-likeness (QED) is 0.717. The zero-order valence-corrected chi connectivity index (χ0v) is 17.0. The zero-order chi connectivity index (χ0) is 20.8. The van der Waals surface area contributed by atoms with Crippen molar-refractivity contribution in [3.63, 3.8) is 0 Å². The molecule has 152 valence electrons. The van der Waals surface area contributed by atoms with E-state index in [1.807, 2.05) is 0 Å². The van der Waals surface area contributed by atoms with Crippen molar-refractivity contribution in [2.75, 3.05) is 13.2 Å². The van der Waals surface area contributed by atoms with E-state index in [9.17, 15) is 14.7 Å². The zero-order valence-electron chi connectivity index (χ0n) is 17.0. The minimum atomic E-state index is -0.839. The van der Waals surface area contributed by atoms with Crippen LogP contribution in [0.15, 0.2) is 12.3 Å². The van der Waals surface area contributed by atoms with Crippen molar-refractivity contribution in [3.8, 4) is 11.5 Å². The maximum absolute atomic E-state index is 11.9. The molecule has 0 spiro atoms. The lowest BCUT2D eigenvalue weighted by atomic mass is 10.2. The number of hydrogen-bond donors (Lipinski definition) is 1. The number of carbonyl (C=O) groups excluding carboxylic acids is 2. The Morgan fingerprint density at radius 2 is 1.41 bits per heavy atom. The molecule has 0 aliphatic carbocycles. The van der Waals surface area contributed by atoms with Crippen molar-refractivity contribution < 1.29 is 33.6 Å². The fourth-order valence-electron chi connectivity index (χ4n) is 1.90. The minimum Gasteiger partial charge on any atom is -0.478 e. The summed E-state index contributed by atoms with van der Waals surface area (Å²) >= 11 is 0. The highest BCUT2D eigenvalue weighted by atomic mass is 16.6. The first-order chi connectivity index (χ1) is 12.3. The van der Waals surface area contributed by atoms with Gasteiger partial charge in [-0.05, 0) is 48.5 Å². The van der Waals surface area contributed by atoms with Crippen LogP contribution in [0.1, 0.15) is 60.3 Å². The third kappa shape index (κ3) is 9.23. The Morgan fingerprint density at radius 1 is 0.963 bits per heavy atom. The molecule has 0 radical (unpaired) electrons. The molecule has 0 aromatic carbocycles. The van der Waals surface area contributed by atoms with Crippen LogP contribution < -0.4 is 9.47 Å². The Labute approximate surface area is 159 Å². The van der Waals surface area contributed by atoms with Crippen molar-refractivity contribution in [3.05, 3.63) is 18.0 Å². The van der Waals surface area contributed by atoms with Crippen LogP contribution in [0.4, 0.5) is 0 Å². The molecule has 0 amide bonds. The highest BCUT2D eigenvalue weighted by Gasteiger charge is 2.20. The molecule has 1 aromatic rings. The van der Waals surface area contributed by atoms with Gasteiger partial charge in [-0.1, -0.05) is 0 Å². The van der Waals surface area contributed by atoms with Gasteiger partial charge in [-0.3, -0.25) is 4.98 Å². The number of aliphatic hydroxyl groups excluding tert-OH is 1. The van der Waals surface area contributed by atoms with Crippen molar-refractivity contribution in [1.29, 1.82) is 0 Å². The molecule has 27 heavy (non-hydrogen) atoms. The SMILES string of the molecule is CC(O)c1cc(OCC(=O)OC(C)(C)C)c(OCC(=O)OC(C)(C)C)cn1. The maximum Gasteiger partial charge on any atom is 0.344 e. The van der Waals surface area contributed by atoms with E-state index >= 15 is 0 Å². The van der Waals surface area contributed by atoms with Crippen molar-refractivity contribution in [2.45, 2.75) is 65.8 Å². The van der Waals surface area contributed by atoms with Gasteiger partial charge in [0, 0.05) is 6.07 Å². The van der Waals surface area contributed by atoms with E-state index in [-0.39, 0.29) is 24.7 Å². The van der Waals surface area contributed by atoms with E-state index in [1.54, 1.807) is 48.5 Å². The lowest BCUT2D eigenvalue weighted by Gasteiger charge is -2.21. The maximum atomic E-state index is 11.9. The number of rotatable bonds is 7. The van der Waals surface area contributed by atoms with Gasteiger partial charge in [0.1, 0.15) is 11.2 Å². The molecule has 1 unspecified atom stereocenters. The number of carbonyl (C=O) groups is 2. The number of hydrogen-bond acceptors (Lipinski definition) is 8. The van der Waals surface area contributed by atoms with Crippen LogP contribution >= 0.6 is 0 Å². The highest BCUT2D eigenvalue weighted by Crippen LogP contribution is 2.29. The molecule has 0 aliphatic heterocycles. The van der Waals surface area contributed by atoms with Gasteiger partial charge >= 0.3 is 11.9 Å². The van der Waals surface area contributed by atoms with Crippen molar-refractivity contribution in [1.82, 2.24) is 4.98 Å². The summed E-state index contributed by atoms with van der Waals surface area (Å²) in [6, 6.07) is 1.44. The molecule has 1 atom stereocenters. The molecule has 1 heterocycles. The molecule has 0 saturated carbocycles. The fourth-order valence-corrected chi connectivity index (χ4v) is 1.90. The van der Waals surface area contributed by atoms with Crippen LogP contribution in [0.5, 0.6) is 11.5 Å². The average Bonchev–Trinajstić information content (AvgIpc) is 2.47. The largest absolute Gasteiger partial charge is 0.478 e. The summed E-state index contributed by atoms with van der Waals surface area (Å²) < 4.78 is 21.2. The first-order valence-corrected chi connectivity index (χ1v) is 8.64. The van der Waals surface area contributed by atoms with Crippen LogP contribution in [-0.2, 0) is 19.1 Å². The van der Waals surface area contributed by atoms with E-state index in [4.69, 9.17) is 18.9 Å². The molecule has 0 aliphatic rings.